The van der Waals surface area contributed by atoms with Crippen molar-refractivity contribution in [2.75, 3.05) is 25.4 Å². The molecule has 2 amide bonds. The lowest BCUT2D eigenvalue weighted by molar-refractivity contribution is 0.0183. The van der Waals surface area contributed by atoms with Gasteiger partial charge < -0.3 is 20.7 Å². The summed E-state index contributed by atoms with van der Waals surface area (Å²) in [6, 6.07) is 3.31. The molecule has 2 rings (SSSR count). The first-order chi connectivity index (χ1) is 13.1. The number of carbonyl (C=O) groups is 2. The van der Waals surface area contributed by atoms with E-state index >= 15 is 0 Å². The Hall–Kier alpha value is -1.95. The first kappa shape index (κ1) is 24.1. The Morgan fingerprint density at radius 1 is 1.25 bits per heavy atom. The molecule has 1 saturated heterocycles. The first-order valence-corrected chi connectivity index (χ1v) is 10.3. The number of benzene rings is 1. The maximum Gasteiger partial charge on any atom is 0.410 e. The second-order valence-corrected chi connectivity index (χ2v) is 8.22. The molecule has 1 aliphatic rings. The van der Waals surface area contributed by atoms with E-state index in [1.165, 1.54) is 0 Å². The molecule has 7 heteroatoms. The molecule has 28 heavy (non-hydrogen) atoms. The molecule has 0 atom stereocenters. The number of piperidine rings is 1. The fourth-order valence-electron chi connectivity index (χ4n) is 2.93. The number of nitrogen functional groups attached to an aromatic ring is 1. The molecule has 0 saturated carbocycles. The summed E-state index contributed by atoms with van der Waals surface area (Å²) in [7, 11) is 0. The quantitative estimate of drug-likeness (QED) is 0.710. The maximum absolute atomic E-state index is 12.4. The van der Waals surface area contributed by atoms with Crippen LogP contribution in [-0.2, 0) is 4.74 Å². The number of nitrogens with one attached hydrogen (secondary N) is 1. The van der Waals surface area contributed by atoms with Gasteiger partial charge in [-0.1, -0.05) is 25.4 Å². The Morgan fingerprint density at radius 2 is 1.82 bits per heavy atom. The van der Waals surface area contributed by atoms with Crippen molar-refractivity contribution in [1.29, 1.82) is 0 Å². The number of nitrogens with two attached hydrogens (primary N) is 1. The highest BCUT2D eigenvalue weighted by Crippen LogP contribution is 2.24. The average molecular weight is 412 g/mol. The number of hydrogen-bond acceptors (Lipinski definition) is 4. The van der Waals surface area contributed by atoms with Crippen molar-refractivity contribution in [2.24, 2.45) is 5.92 Å². The molecule has 1 aliphatic heterocycles. The number of aryl methyl sites for hydroxylation is 1. The lowest BCUT2D eigenvalue weighted by atomic mass is 9.96. The second kappa shape index (κ2) is 10.6. The number of nitrogens with zero attached hydrogens (tertiary/aromatic N) is 1. The summed E-state index contributed by atoms with van der Waals surface area (Å²) in [4.78, 5) is 26.2. The highest BCUT2D eigenvalue weighted by Gasteiger charge is 2.27. The van der Waals surface area contributed by atoms with E-state index in [0.717, 1.165) is 18.4 Å². The Bertz CT molecular complexity index is 678. The second-order valence-electron chi connectivity index (χ2n) is 7.81. The Labute approximate surface area is 173 Å². The van der Waals surface area contributed by atoms with Gasteiger partial charge in [-0.15, -0.1) is 0 Å². The molecular weight excluding hydrogens is 378 g/mol. The molecule has 0 aromatic heterocycles. The van der Waals surface area contributed by atoms with E-state index < -0.39 is 5.60 Å². The SMILES string of the molecule is CC.Cc1cc(N)c(Cl)cc1C(=O)NCC1CCN(C(=O)OC(C)(C)C)CC1. The van der Waals surface area contributed by atoms with Crippen LogP contribution in [-0.4, -0.2) is 42.1 Å². The van der Waals surface area contributed by atoms with Gasteiger partial charge in [0.15, 0.2) is 0 Å². The van der Waals surface area contributed by atoms with Gasteiger partial charge in [-0.2, -0.15) is 0 Å². The van der Waals surface area contributed by atoms with Crippen LogP contribution < -0.4 is 11.1 Å². The molecule has 0 radical (unpaired) electrons. The topological polar surface area (TPSA) is 84.7 Å². The van der Waals surface area contributed by atoms with Crippen LogP contribution in [0.4, 0.5) is 10.5 Å². The molecule has 1 aromatic carbocycles. The number of anilines is 1. The van der Waals surface area contributed by atoms with Gasteiger partial charge in [-0.25, -0.2) is 4.79 Å². The van der Waals surface area contributed by atoms with Crippen molar-refractivity contribution < 1.29 is 14.3 Å². The molecule has 1 heterocycles. The Kier molecular flexibility index (Phi) is 9.08. The first-order valence-electron chi connectivity index (χ1n) is 9.88. The van der Waals surface area contributed by atoms with E-state index in [1.54, 1.807) is 17.0 Å². The fraction of sp³-hybridized carbons (Fsp3) is 0.619. The highest BCUT2D eigenvalue weighted by molar-refractivity contribution is 6.33. The molecule has 0 bridgehead atoms. The van der Waals surface area contributed by atoms with E-state index in [-0.39, 0.29) is 12.0 Å². The smallest absolute Gasteiger partial charge is 0.410 e. The summed E-state index contributed by atoms with van der Waals surface area (Å²) in [5.41, 5.74) is 7.06. The van der Waals surface area contributed by atoms with Gasteiger partial charge in [0.05, 0.1) is 10.7 Å². The van der Waals surface area contributed by atoms with Crippen LogP contribution in [0.3, 0.4) is 0 Å². The third kappa shape index (κ3) is 7.23. The van der Waals surface area contributed by atoms with Gasteiger partial charge >= 0.3 is 6.09 Å². The minimum atomic E-state index is -0.486. The lowest BCUT2D eigenvalue weighted by Gasteiger charge is -2.33. The van der Waals surface area contributed by atoms with Crippen molar-refractivity contribution in [3.05, 3.63) is 28.3 Å². The molecular formula is C21H34ClN3O3. The predicted octanol–water partition coefficient (Wildman–Crippen LogP) is 4.63. The summed E-state index contributed by atoms with van der Waals surface area (Å²) in [6.45, 7) is 13.3. The van der Waals surface area contributed by atoms with Crippen LogP contribution in [0.25, 0.3) is 0 Å². The number of rotatable bonds is 3. The van der Waals surface area contributed by atoms with Crippen LogP contribution in [0.2, 0.25) is 5.02 Å². The fourth-order valence-corrected chi connectivity index (χ4v) is 3.09. The Balaban J connectivity index is 0.00000190. The van der Waals surface area contributed by atoms with E-state index in [4.69, 9.17) is 22.1 Å². The van der Waals surface area contributed by atoms with Crippen molar-refractivity contribution in [3.8, 4) is 0 Å². The van der Waals surface area contributed by atoms with Crippen LogP contribution in [0.1, 0.15) is 63.4 Å². The zero-order valence-corrected chi connectivity index (χ0v) is 18.7. The summed E-state index contributed by atoms with van der Waals surface area (Å²) < 4.78 is 5.40. The molecule has 3 N–H and O–H groups in total. The average Bonchev–Trinajstić information content (AvgIpc) is 2.63. The van der Waals surface area contributed by atoms with Gasteiger partial charge in [0.2, 0.25) is 0 Å². The predicted molar refractivity (Wildman–Crippen MR) is 115 cm³/mol. The van der Waals surface area contributed by atoms with E-state index in [9.17, 15) is 9.59 Å². The number of likely N-dealkylation sites (tertiary alicyclic amines) is 1. The number of halogens is 1. The normalized spacial score (nSPS) is 14.8. The summed E-state index contributed by atoms with van der Waals surface area (Å²) in [5.74, 6) is 0.182. The number of ether oxygens (including phenoxy) is 1. The zero-order valence-electron chi connectivity index (χ0n) is 17.9. The zero-order chi connectivity index (χ0) is 21.5. The summed E-state index contributed by atoms with van der Waals surface area (Å²) >= 11 is 6.02. The standard InChI is InChI=1S/C19H28ClN3O3.C2H6/c1-12-9-16(21)15(20)10-14(12)17(24)22-11-13-5-7-23(8-6-13)18(25)26-19(2,3)4;1-2/h9-10,13H,5-8,11,21H2,1-4H3,(H,22,24);1-2H3. The van der Waals surface area contributed by atoms with Gasteiger partial charge in [0, 0.05) is 25.2 Å². The number of hydrogen-bond donors (Lipinski definition) is 2. The van der Waals surface area contributed by atoms with Gasteiger partial charge in [0.25, 0.3) is 5.91 Å². The van der Waals surface area contributed by atoms with Crippen molar-refractivity contribution in [1.82, 2.24) is 10.2 Å². The highest BCUT2D eigenvalue weighted by atomic mass is 35.5. The lowest BCUT2D eigenvalue weighted by Crippen LogP contribution is -2.43. The maximum atomic E-state index is 12.4. The van der Waals surface area contributed by atoms with Crippen LogP contribution >= 0.6 is 11.6 Å². The minimum absolute atomic E-state index is 0.154. The van der Waals surface area contributed by atoms with Crippen molar-refractivity contribution >= 4 is 29.3 Å². The van der Waals surface area contributed by atoms with Crippen molar-refractivity contribution in [3.63, 3.8) is 0 Å². The number of carbonyl (C=O) groups excluding carboxylic acids is 2. The van der Waals surface area contributed by atoms with Crippen LogP contribution in [0, 0.1) is 12.8 Å². The molecule has 1 aromatic rings. The Morgan fingerprint density at radius 3 is 2.36 bits per heavy atom. The molecule has 158 valence electrons. The number of amides is 2. The monoisotopic (exact) mass is 411 g/mol. The van der Waals surface area contributed by atoms with E-state index in [2.05, 4.69) is 5.32 Å². The van der Waals surface area contributed by atoms with E-state index in [1.807, 2.05) is 41.5 Å². The van der Waals surface area contributed by atoms with Crippen molar-refractivity contribution in [2.45, 2.75) is 60.0 Å². The third-order valence-electron chi connectivity index (χ3n) is 4.41. The van der Waals surface area contributed by atoms with Gasteiger partial charge in [-0.05, 0) is 64.2 Å². The molecule has 0 aliphatic carbocycles. The van der Waals surface area contributed by atoms with Crippen LogP contribution in [0.15, 0.2) is 12.1 Å². The molecule has 0 unspecified atom stereocenters. The summed E-state index contributed by atoms with van der Waals surface area (Å²) in [6.07, 6.45) is 1.40. The van der Waals surface area contributed by atoms with E-state index in [0.29, 0.717) is 41.8 Å². The largest absolute Gasteiger partial charge is 0.444 e. The van der Waals surface area contributed by atoms with Gasteiger partial charge in [-0.3, -0.25) is 4.79 Å². The summed E-state index contributed by atoms with van der Waals surface area (Å²) in [5, 5.41) is 3.35. The van der Waals surface area contributed by atoms with Gasteiger partial charge in [0.1, 0.15) is 5.60 Å². The van der Waals surface area contributed by atoms with Crippen LogP contribution in [0.5, 0.6) is 0 Å². The minimum Gasteiger partial charge on any atom is -0.444 e. The molecule has 1 fully saturated rings. The third-order valence-corrected chi connectivity index (χ3v) is 4.73. The molecule has 6 nitrogen and oxygen atoms in total. The molecule has 0 spiro atoms.